The Morgan fingerprint density at radius 1 is 0.938 bits per heavy atom. The second kappa shape index (κ2) is 7.55. The number of halogens is 1. The maximum Gasteiger partial charge on any atom is 0.0685 e. The van der Waals surface area contributed by atoms with Gasteiger partial charge in [-0.05, 0) is 45.4 Å². The van der Waals surface area contributed by atoms with Gasteiger partial charge in [0.1, 0.15) is 0 Å². The lowest BCUT2D eigenvalue weighted by atomic mass is 9.89. The van der Waals surface area contributed by atoms with Gasteiger partial charge in [-0.25, -0.2) is 0 Å². The molecule has 98 valence electrons. The molecule has 0 aromatic heterocycles. The van der Waals surface area contributed by atoms with E-state index in [1.807, 2.05) is 0 Å². The lowest BCUT2D eigenvalue weighted by molar-refractivity contribution is -0.160. The van der Waals surface area contributed by atoms with E-state index in [9.17, 15) is 0 Å². The normalized spacial score (nSPS) is 13.1. The van der Waals surface area contributed by atoms with Gasteiger partial charge in [-0.1, -0.05) is 27.7 Å². The number of hydrogen-bond donors (Lipinski definition) is 0. The maximum atomic E-state index is 6.47. The van der Waals surface area contributed by atoms with Crippen LogP contribution < -0.4 is 0 Å². The Kier molecular flexibility index (Phi) is 7.67. The van der Waals surface area contributed by atoms with Crippen LogP contribution in [0.5, 0.6) is 0 Å². The fourth-order valence-electron chi connectivity index (χ4n) is 2.10. The lowest BCUT2D eigenvalue weighted by Gasteiger charge is -2.41. The highest BCUT2D eigenvalue weighted by atomic mass is 35.5. The first-order chi connectivity index (χ1) is 7.51. The average molecular weight is 249 g/mol. The quantitative estimate of drug-likeness (QED) is 0.512. The van der Waals surface area contributed by atoms with E-state index in [2.05, 4.69) is 34.6 Å². The topological polar surface area (TPSA) is 9.23 Å². The molecule has 0 fully saturated rings. The van der Waals surface area contributed by atoms with Gasteiger partial charge in [0, 0.05) is 5.88 Å². The monoisotopic (exact) mass is 248 g/mol. The van der Waals surface area contributed by atoms with Crippen LogP contribution in [0.2, 0.25) is 0 Å². The van der Waals surface area contributed by atoms with E-state index in [1.54, 1.807) is 0 Å². The van der Waals surface area contributed by atoms with Crippen LogP contribution in [0.3, 0.4) is 0 Å². The van der Waals surface area contributed by atoms with Gasteiger partial charge in [0.15, 0.2) is 0 Å². The van der Waals surface area contributed by atoms with Crippen LogP contribution >= 0.6 is 11.6 Å². The molecule has 0 unspecified atom stereocenters. The summed E-state index contributed by atoms with van der Waals surface area (Å²) in [6, 6.07) is 0. The molecule has 0 aliphatic carbocycles. The van der Waals surface area contributed by atoms with Gasteiger partial charge in [0.25, 0.3) is 0 Å². The van der Waals surface area contributed by atoms with Crippen LogP contribution in [0.1, 0.15) is 73.1 Å². The van der Waals surface area contributed by atoms with Crippen molar-refractivity contribution in [1.82, 2.24) is 0 Å². The molecule has 1 nitrogen and oxygen atoms in total. The lowest BCUT2D eigenvalue weighted by Crippen LogP contribution is -2.42. The second-order valence-electron chi connectivity index (χ2n) is 4.94. The molecule has 0 spiro atoms. The first-order valence-corrected chi connectivity index (χ1v) is 7.31. The van der Waals surface area contributed by atoms with E-state index in [0.717, 1.165) is 44.4 Å². The van der Waals surface area contributed by atoms with E-state index >= 15 is 0 Å². The number of rotatable bonds is 9. The fourth-order valence-corrected chi connectivity index (χ4v) is 2.24. The Morgan fingerprint density at radius 3 is 1.75 bits per heavy atom. The second-order valence-corrected chi connectivity index (χ2v) is 5.32. The van der Waals surface area contributed by atoms with Crippen LogP contribution in [0.4, 0.5) is 0 Å². The van der Waals surface area contributed by atoms with E-state index in [-0.39, 0.29) is 11.2 Å². The number of ether oxygens (including phenoxy) is 1. The average Bonchev–Trinajstić information content (AvgIpc) is 2.34. The van der Waals surface area contributed by atoms with Crippen molar-refractivity contribution in [3.05, 3.63) is 0 Å². The summed E-state index contributed by atoms with van der Waals surface area (Å²) in [5, 5.41) is 0. The first-order valence-electron chi connectivity index (χ1n) is 6.77. The minimum atomic E-state index is 0.0261. The van der Waals surface area contributed by atoms with Crippen molar-refractivity contribution < 1.29 is 4.74 Å². The molecule has 0 aromatic carbocycles. The van der Waals surface area contributed by atoms with E-state index in [4.69, 9.17) is 16.3 Å². The van der Waals surface area contributed by atoms with Crippen LogP contribution in [0.15, 0.2) is 0 Å². The molecule has 0 aliphatic rings. The zero-order chi connectivity index (χ0) is 12.7. The summed E-state index contributed by atoms with van der Waals surface area (Å²) < 4.78 is 6.47. The molecule has 0 bridgehead atoms. The van der Waals surface area contributed by atoms with Crippen LogP contribution in [0, 0.1) is 0 Å². The van der Waals surface area contributed by atoms with E-state index < -0.39 is 0 Å². The fraction of sp³-hybridized carbons (Fsp3) is 1.00. The predicted octanol–water partition coefficient (Wildman–Crippen LogP) is 5.16. The Balaban J connectivity index is 4.63. The summed E-state index contributed by atoms with van der Waals surface area (Å²) in [7, 11) is 0. The predicted molar refractivity (Wildman–Crippen MR) is 73.3 cm³/mol. The Labute approximate surface area is 107 Å². The highest BCUT2D eigenvalue weighted by Crippen LogP contribution is 2.34. The Bertz CT molecular complexity index is 172. The summed E-state index contributed by atoms with van der Waals surface area (Å²) >= 11 is 5.80. The summed E-state index contributed by atoms with van der Waals surface area (Å²) in [4.78, 5) is 0. The molecule has 0 heterocycles. The van der Waals surface area contributed by atoms with Crippen LogP contribution in [-0.4, -0.2) is 17.1 Å². The van der Waals surface area contributed by atoms with Crippen molar-refractivity contribution in [1.29, 1.82) is 0 Å². The third kappa shape index (κ3) is 4.63. The first kappa shape index (κ1) is 16.2. The number of hydrogen-bond acceptors (Lipinski definition) is 1. The number of alkyl halides is 1. The van der Waals surface area contributed by atoms with E-state index in [1.165, 1.54) is 0 Å². The molecule has 0 aliphatic heterocycles. The standard InChI is InChI=1S/C14H29ClO/c1-6-13(5,7-2)16-14(8-3,9-4)11-10-12-15/h6-12H2,1-5H3. The molecule has 0 rings (SSSR count). The molecule has 0 saturated heterocycles. The molecule has 0 saturated carbocycles. The van der Waals surface area contributed by atoms with Crippen molar-refractivity contribution in [2.75, 3.05) is 5.88 Å². The molecule has 0 amide bonds. The van der Waals surface area contributed by atoms with E-state index in [0.29, 0.717) is 0 Å². The summed E-state index contributed by atoms with van der Waals surface area (Å²) in [6.45, 7) is 11.1. The smallest absolute Gasteiger partial charge is 0.0685 e. The van der Waals surface area contributed by atoms with Crippen molar-refractivity contribution in [3.8, 4) is 0 Å². The Hall–Kier alpha value is 0.250. The minimum Gasteiger partial charge on any atom is -0.369 e. The van der Waals surface area contributed by atoms with Gasteiger partial charge in [-0.3, -0.25) is 0 Å². The van der Waals surface area contributed by atoms with Crippen molar-refractivity contribution in [2.24, 2.45) is 0 Å². The van der Waals surface area contributed by atoms with Crippen molar-refractivity contribution in [3.63, 3.8) is 0 Å². The zero-order valence-electron chi connectivity index (χ0n) is 11.7. The van der Waals surface area contributed by atoms with Crippen molar-refractivity contribution in [2.45, 2.75) is 84.3 Å². The van der Waals surface area contributed by atoms with Gasteiger partial charge in [0.2, 0.25) is 0 Å². The van der Waals surface area contributed by atoms with Crippen molar-refractivity contribution >= 4 is 11.6 Å². The van der Waals surface area contributed by atoms with Gasteiger partial charge in [0.05, 0.1) is 11.2 Å². The largest absolute Gasteiger partial charge is 0.369 e. The van der Waals surface area contributed by atoms with Crippen LogP contribution in [-0.2, 0) is 4.74 Å². The molecule has 2 heteroatoms. The minimum absolute atomic E-state index is 0.0261. The molecule has 0 atom stereocenters. The maximum absolute atomic E-state index is 6.47. The third-order valence-electron chi connectivity index (χ3n) is 4.01. The SMILES string of the molecule is CCC(C)(CC)OC(CC)(CC)CCCCl. The van der Waals surface area contributed by atoms with Gasteiger partial charge in [-0.2, -0.15) is 0 Å². The van der Waals surface area contributed by atoms with Gasteiger partial charge in [-0.15, -0.1) is 11.6 Å². The molecular weight excluding hydrogens is 220 g/mol. The summed E-state index contributed by atoms with van der Waals surface area (Å²) in [6.07, 6.45) is 6.44. The summed E-state index contributed by atoms with van der Waals surface area (Å²) in [5.41, 5.74) is 0.0635. The third-order valence-corrected chi connectivity index (χ3v) is 4.28. The van der Waals surface area contributed by atoms with Gasteiger partial charge >= 0.3 is 0 Å². The molecule has 0 N–H and O–H groups in total. The summed E-state index contributed by atoms with van der Waals surface area (Å²) in [5.74, 6) is 0.736. The highest BCUT2D eigenvalue weighted by molar-refractivity contribution is 6.17. The molecule has 0 aromatic rings. The molecule has 16 heavy (non-hydrogen) atoms. The van der Waals surface area contributed by atoms with Crippen LogP contribution in [0.25, 0.3) is 0 Å². The molecule has 0 radical (unpaired) electrons. The Morgan fingerprint density at radius 2 is 1.44 bits per heavy atom. The highest BCUT2D eigenvalue weighted by Gasteiger charge is 2.34. The zero-order valence-corrected chi connectivity index (χ0v) is 12.5. The van der Waals surface area contributed by atoms with Gasteiger partial charge < -0.3 is 4.74 Å². The molecular formula is C14H29ClO.